The summed E-state index contributed by atoms with van der Waals surface area (Å²) in [6.45, 7) is 2.11. The fourth-order valence-electron chi connectivity index (χ4n) is 3.37. The van der Waals surface area contributed by atoms with E-state index in [2.05, 4.69) is 10.3 Å². The van der Waals surface area contributed by atoms with Gasteiger partial charge < -0.3 is 15.0 Å². The zero-order valence-electron chi connectivity index (χ0n) is 14.5. The van der Waals surface area contributed by atoms with Gasteiger partial charge >= 0.3 is 5.97 Å². The average molecular weight is 348 g/mol. The minimum absolute atomic E-state index is 0.00821. The Hall–Kier alpha value is -3.08. The quantitative estimate of drug-likeness (QED) is 0.684. The third-order valence-corrected chi connectivity index (χ3v) is 4.94. The number of aromatic nitrogens is 1. The van der Waals surface area contributed by atoms with Crippen molar-refractivity contribution in [2.45, 2.75) is 25.2 Å². The number of nitrogens with one attached hydrogen (secondary N) is 2. The summed E-state index contributed by atoms with van der Waals surface area (Å²) in [4.78, 5) is 27.9. The summed E-state index contributed by atoms with van der Waals surface area (Å²) in [6.07, 6.45) is 3.62. The van der Waals surface area contributed by atoms with Crippen molar-refractivity contribution in [1.29, 1.82) is 0 Å². The van der Waals surface area contributed by atoms with Crippen molar-refractivity contribution in [3.8, 4) is 0 Å². The standard InChI is InChI=1S/C21H20N2O3/c1-2-26-19(24)14-7-9-15(10-8-14)23-20(25)21(11-12-21)17-13-22-18-6-4-3-5-16(17)18/h3-10,13,22H,2,11-12H2,1H3,(H,23,25). The minimum atomic E-state index is -0.473. The number of carbonyl (C=O) groups is 2. The molecule has 2 N–H and O–H groups in total. The Morgan fingerprint density at radius 3 is 2.54 bits per heavy atom. The number of para-hydroxylation sites is 1. The molecule has 0 bridgehead atoms. The largest absolute Gasteiger partial charge is 0.462 e. The van der Waals surface area contributed by atoms with Crippen molar-refractivity contribution in [2.75, 3.05) is 11.9 Å². The summed E-state index contributed by atoms with van der Waals surface area (Å²) in [5.41, 5.74) is 2.77. The Labute approximate surface area is 151 Å². The summed E-state index contributed by atoms with van der Waals surface area (Å²) >= 11 is 0. The van der Waals surface area contributed by atoms with Crippen molar-refractivity contribution in [1.82, 2.24) is 4.98 Å². The number of carbonyl (C=O) groups excluding carboxylic acids is 2. The number of hydrogen-bond acceptors (Lipinski definition) is 3. The van der Waals surface area contributed by atoms with Crippen molar-refractivity contribution < 1.29 is 14.3 Å². The molecule has 1 aliphatic rings. The van der Waals surface area contributed by atoms with Gasteiger partial charge in [0.15, 0.2) is 0 Å². The van der Waals surface area contributed by atoms with Crippen LogP contribution in [0.5, 0.6) is 0 Å². The third kappa shape index (κ3) is 2.75. The maximum atomic E-state index is 12.9. The normalized spacial score (nSPS) is 14.8. The maximum Gasteiger partial charge on any atom is 0.338 e. The molecule has 0 radical (unpaired) electrons. The molecule has 1 heterocycles. The number of fused-ring (bicyclic) bond motifs is 1. The Morgan fingerprint density at radius 1 is 1.12 bits per heavy atom. The molecule has 1 amide bonds. The van der Waals surface area contributed by atoms with Crippen LogP contribution in [0.2, 0.25) is 0 Å². The number of benzene rings is 2. The first kappa shape index (κ1) is 16.4. The van der Waals surface area contributed by atoms with E-state index in [1.54, 1.807) is 31.2 Å². The molecule has 26 heavy (non-hydrogen) atoms. The lowest BCUT2D eigenvalue weighted by molar-refractivity contribution is -0.118. The van der Waals surface area contributed by atoms with Crippen molar-refractivity contribution in [3.63, 3.8) is 0 Å². The van der Waals surface area contributed by atoms with Crippen LogP contribution in [-0.2, 0) is 14.9 Å². The Balaban J connectivity index is 1.54. The first-order chi connectivity index (χ1) is 12.6. The van der Waals surface area contributed by atoms with Crippen LogP contribution in [0, 0.1) is 0 Å². The molecule has 3 aromatic rings. The number of rotatable bonds is 5. The Kier molecular flexibility index (Phi) is 3.99. The molecule has 0 aliphatic heterocycles. The van der Waals surface area contributed by atoms with Crippen LogP contribution < -0.4 is 5.32 Å². The van der Waals surface area contributed by atoms with E-state index < -0.39 is 5.41 Å². The third-order valence-electron chi connectivity index (χ3n) is 4.94. The van der Waals surface area contributed by atoms with Crippen molar-refractivity contribution in [2.24, 2.45) is 0 Å². The molecule has 1 aliphatic carbocycles. The highest BCUT2D eigenvalue weighted by atomic mass is 16.5. The first-order valence-electron chi connectivity index (χ1n) is 8.79. The van der Waals surface area contributed by atoms with E-state index in [0.29, 0.717) is 17.9 Å². The number of ether oxygens (including phenoxy) is 1. The Bertz CT molecular complexity index is 968. The summed E-state index contributed by atoms with van der Waals surface area (Å²) < 4.78 is 4.97. The van der Waals surface area contributed by atoms with E-state index in [1.165, 1.54) is 0 Å². The lowest BCUT2D eigenvalue weighted by Crippen LogP contribution is -2.27. The molecule has 2 aromatic carbocycles. The number of esters is 1. The summed E-state index contributed by atoms with van der Waals surface area (Å²) in [5, 5.41) is 4.09. The van der Waals surface area contributed by atoms with Gasteiger partial charge in [0, 0.05) is 22.8 Å². The molecule has 5 nitrogen and oxygen atoms in total. The van der Waals surface area contributed by atoms with Crippen molar-refractivity contribution in [3.05, 3.63) is 65.9 Å². The second-order valence-corrected chi connectivity index (χ2v) is 6.58. The van der Waals surface area contributed by atoms with Gasteiger partial charge in [0.05, 0.1) is 17.6 Å². The highest BCUT2D eigenvalue weighted by Gasteiger charge is 2.52. The second kappa shape index (κ2) is 6.33. The van der Waals surface area contributed by atoms with Crippen LogP contribution in [0.15, 0.2) is 54.7 Å². The van der Waals surface area contributed by atoms with Gasteiger partial charge in [0.1, 0.15) is 0 Å². The molecule has 1 fully saturated rings. The molecule has 0 spiro atoms. The number of amides is 1. The van der Waals surface area contributed by atoms with Gasteiger partial charge in [-0.05, 0) is 55.7 Å². The lowest BCUT2D eigenvalue weighted by atomic mass is 9.94. The molecule has 4 rings (SSSR count). The smallest absolute Gasteiger partial charge is 0.338 e. The number of H-pyrrole nitrogens is 1. The highest BCUT2D eigenvalue weighted by Crippen LogP contribution is 2.51. The molecule has 132 valence electrons. The zero-order valence-corrected chi connectivity index (χ0v) is 14.5. The van der Waals surface area contributed by atoms with Gasteiger partial charge in [-0.3, -0.25) is 4.79 Å². The summed E-state index contributed by atoms with van der Waals surface area (Å²) in [6, 6.07) is 14.8. The fourth-order valence-corrected chi connectivity index (χ4v) is 3.37. The van der Waals surface area contributed by atoms with Crippen LogP contribution in [0.4, 0.5) is 5.69 Å². The maximum absolute atomic E-state index is 12.9. The van der Waals surface area contributed by atoms with E-state index in [9.17, 15) is 9.59 Å². The molecule has 0 atom stereocenters. The second-order valence-electron chi connectivity index (χ2n) is 6.58. The SMILES string of the molecule is CCOC(=O)c1ccc(NC(=O)C2(c3c[nH]c4ccccc34)CC2)cc1. The molecule has 0 unspecified atom stereocenters. The van der Waals surface area contributed by atoms with E-state index in [4.69, 9.17) is 4.74 Å². The lowest BCUT2D eigenvalue weighted by Gasteiger charge is -2.15. The molecule has 5 heteroatoms. The molecule has 1 aromatic heterocycles. The Morgan fingerprint density at radius 2 is 1.85 bits per heavy atom. The van der Waals surface area contributed by atoms with Crippen LogP contribution in [0.1, 0.15) is 35.7 Å². The molecule has 0 saturated heterocycles. The van der Waals surface area contributed by atoms with Gasteiger partial charge in [-0.2, -0.15) is 0 Å². The highest BCUT2D eigenvalue weighted by molar-refractivity contribution is 6.04. The van der Waals surface area contributed by atoms with E-state index >= 15 is 0 Å². The van der Waals surface area contributed by atoms with E-state index in [0.717, 1.165) is 29.3 Å². The average Bonchev–Trinajstić information content (AvgIpc) is 3.35. The molecular weight excluding hydrogens is 328 g/mol. The fraction of sp³-hybridized carbons (Fsp3) is 0.238. The summed E-state index contributed by atoms with van der Waals surface area (Å²) in [7, 11) is 0. The van der Waals surface area contributed by atoms with Gasteiger partial charge in [0.25, 0.3) is 0 Å². The van der Waals surface area contributed by atoms with E-state index in [-0.39, 0.29) is 11.9 Å². The minimum Gasteiger partial charge on any atom is -0.462 e. The van der Waals surface area contributed by atoms with Crippen molar-refractivity contribution >= 4 is 28.5 Å². The van der Waals surface area contributed by atoms with Gasteiger partial charge in [-0.1, -0.05) is 18.2 Å². The van der Waals surface area contributed by atoms with Gasteiger partial charge in [-0.25, -0.2) is 4.79 Å². The topological polar surface area (TPSA) is 71.2 Å². The predicted molar refractivity (Wildman–Crippen MR) is 100 cm³/mol. The summed E-state index contributed by atoms with van der Waals surface area (Å²) in [5.74, 6) is -0.367. The van der Waals surface area contributed by atoms with Crippen LogP contribution in [-0.4, -0.2) is 23.5 Å². The first-order valence-corrected chi connectivity index (χ1v) is 8.79. The number of hydrogen-bond donors (Lipinski definition) is 2. The van der Waals surface area contributed by atoms with Gasteiger partial charge in [0.2, 0.25) is 5.91 Å². The van der Waals surface area contributed by atoms with Crippen LogP contribution in [0.25, 0.3) is 10.9 Å². The molecule has 1 saturated carbocycles. The molecular formula is C21H20N2O3. The van der Waals surface area contributed by atoms with Crippen LogP contribution >= 0.6 is 0 Å². The predicted octanol–water partition coefficient (Wildman–Crippen LogP) is 4.01. The van der Waals surface area contributed by atoms with Gasteiger partial charge in [-0.15, -0.1) is 0 Å². The monoisotopic (exact) mass is 348 g/mol. The van der Waals surface area contributed by atoms with Crippen LogP contribution in [0.3, 0.4) is 0 Å². The van der Waals surface area contributed by atoms with E-state index in [1.807, 2.05) is 30.5 Å². The zero-order chi connectivity index (χ0) is 18.1. The number of aromatic amines is 1. The number of anilines is 1.